The minimum Gasteiger partial charge on any atom is -0.481 e. The first-order chi connectivity index (χ1) is 9.95. The molecule has 3 unspecified atom stereocenters. The number of amides is 1. The molecule has 1 amide bonds. The number of aliphatic carboxylic acids is 1. The van der Waals surface area contributed by atoms with Crippen LogP contribution in [0.5, 0.6) is 0 Å². The summed E-state index contributed by atoms with van der Waals surface area (Å²) in [6.07, 6.45) is -0.185. The molecule has 3 atom stereocenters. The number of carboxylic acid groups (broad SMARTS) is 1. The van der Waals surface area contributed by atoms with E-state index in [1.807, 2.05) is 0 Å². The van der Waals surface area contributed by atoms with Crippen LogP contribution in [0.4, 0.5) is 4.39 Å². The van der Waals surface area contributed by atoms with Crippen molar-refractivity contribution in [2.24, 2.45) is 5.92 Å². The second-order valence-corrected chi connectivity index (χ2v) is 6.08. The van der Waals surface area contributed by atoms with Crippen LogP contribution in [0.15, 0.2) is 24.3 Å². The number of halogens is 1. The number of rotatable bonds is 5. The Kier molecular flexibility index (Phi) is 5.19. The molecule has 0 saturated carbocycles. The molecule has 0 aliphatic carbocycles. The van der Waals surface area contributed by atoms with Gasteiger partial charge in [0.2, 0.25) is 5.91 Å². The van der Waals surface area contributed by atoms with Crippen LogP contribution in [0.2, 0.25) is 0 Å². The van der Waals surface area contributed by atoms with Crippen molar-refractivity contribution in [2.75, 3.05) is 0 Å². The van der Waals surface area contributed by atoms with E-state index in [1.165, 1.54) is 23.9 Å². The zero-order valence-corrected chi connectivity index (χ0v) is 12.3. The predicted molar refractivity (Wildman–Crippen MR) is 78.0 cm³/mol. The Morgan fingerprint density at radius 1 is 1.38 bits per heavy atom. The Hall–Kier alpha value is -1.60. The average molecular weight is 312 g/mol. The van der Waals surface area contributed by atoms with Gasteiger partial charge in [-0.3, -0.25) is 14.9 Å². The van der Waals surface area contributed by atoms with E-state index in [0.717, 1.165) is 5.56 Å². The van der Waals surface area contributed by atoms with Crippen LogP contribution in [0, 0.1) is 11.7 Å². The van der Waals surface area contributed by atoms with Gasteiger partial charge in [-0.1, -0.05) is 12.1 Å². The van der Waals surface area contributed by atoms with Crippen LogP contribution < -0.4 is 10.6 Å². The fourth-order valence-corrected chi connectivity index (χ4v) is 3.23. The molecule has 5 nitrogen and oxygen atoms in total. The third kappa shape index (κ3) is 4.44. The summed E-state index contributed by atoms with van der Waals surface area (Å²) in [5, 5.41) is 14.7. The fraction of sp³-hybridized carbons (Fsp3) is 0.429. The SMILES string of the molecule is CC1NC(SCc2ccc(F)cc2)NC(=O)C1CC(=O)O. The van der Waals surface area contributed by atoms with E-state index in [1.54, 1.807) is 19.1 Å². The summed E-state index contributed by atoms with van der Waals surface area (Å²) in [4.78, 5) is 22.7. The van der Waals surface area contributed by atoms with Crippen molar-refractivity contribution >= 4 is 23.6 Å². The summed E-state index contributed by atoms with van der Waals surface area (Å²) in [6, 6.07) is 5.98. The van der Waals surface area contributed by atoms with Crippen LogP contribution in [0.1, 0.15) is 18.9 Å². The maximum atomic E-state index is 12.8. The zero-order valence-electron chi connectivity index (χ0n) is 11.5. The minimum atomic E-state index is -0.985. The second kappa shape index (κ2) is 6.91. The van der Waals surface area contributed by atoms with Crippen molar-refractivity contribution < 1.29 is 19.1 Å². The van der Waals surface area contributed by atoms with Gasteiger partial charge < -0.3 is 10.4 Å². The van der Waals surface area contributed by atoms with E-state index in [9.17, 15) is 14.0 Å². The number of thioether (sulfide) groups is 1. The standard InChI is InChI=1S/C14H17FN2O3S/c1-8-11(6-12(18)19)13(20)17-14(16-8)21-7-9-2-4-10(15)5-3-9/h2-5,8,11,14,16H,6-7H2,1H3,(H,17,20)(H,18,19). The highest BCUT2D eigenvalue weighted by Gasteiger charge is 2.34. The average Bonchev–Trinajstić information content (AvgIpc) is 2.42. The highest BCUT2D eigenvalue weighted by molar-refractivity contribution is 7.99. The smallest absolute Gasteiger partial charge is 0.304 e. The number of carbonyl (C=O) groups excluding carboxylic acids is 1. The molecule has 3 N–H and O–H groups in total. The molecule has 114 valence electrons. The molecule has 0 spiro atoms. The molecule has 21 heavy (non-hydrogen) atoms. The quantitative estimate of drug-likeness (QED) is 0.769. The zero-order chi connectivity index (χ0) is 15.4. The highest BCUT2D eigenvalue weighted by Crippen LogP contribution is 2.21. The number of benzene rings is 1. The van der Waals surface area contributed by atoms with Gasteiger partial charge in [0.15, 0.2) is 0 Å². The Labute approximate surface area is 126 Å². The Morgan fingerprint density at radius 3 is 2.62 bits per heavy atom. The van der Waals surface area contributed by atoms with Gasteiger partial charge in [0.05, 0.1) is 12.3 Å². The van der Waals surface area contributed by atoms with E-state index in [2.05, 4.69) is 10.6 Å². The molecule has 0 aromatic heterocycles. The summed E-state index contributed by atoms with van der Waals surface area (Å²) in [7, 11) is 0. The van der Waals surface area contributed by atoms with Gasteiger partial charge in [-0.05, 0) is 24.6 Å². The van der Waals surface area contributed by atoms with Gasteiger partial charge in [-0.25, -0.2) is 4.39 Å². The summed E-state index contributed by atoms with van der Waals surface area (Å²) in [5.74, 6) is -1.46. The lowest BCUT2D eigenvalue weighted by Gasteiger charge is -2.34. The van der Waals surface area contributed by atoms with Crippen molar-refractivity contribution in [1.29, 1.82) is 0 Å². The molecule has 2 rings (SSSR count). The summed E-state index contributed by atoms with van der Waals surface area (Å²) >= 11 is 1.47. The molecular weight excluding hydrogens is 295 g/mol. The van der Waals surface area contributed by atoms with Crippen molar-refractivity contribution in [2.45, 2.75) is 30.6 Å². The molecule has 1 aromatic carbocycles. The normalized spacial score (nSPS) is 25.4. The van der Waals surface area contributed by atoms with Gasteiger partial charge in [0.25, 0.3) is 0 Å². The molecule has 1 heterocycles. The molecule has 7 heteroatoms. The first kappa shape index (κ1) is 15.8. The van der Waals surface area contributed by atoms with Crippen molar-refractivity contribution in [3.05, 3.63) is 35.6 Å². The molecular formula is C14H17FN2O3S. The maximum Gasteiger partial charge on any atom is 0.304 e. The van der Waals surface area contributed by atoms with Crippen LogP contribution in [-0.2, 0) is 15.3 Å². The largest absolute Gasteiger partial charge is 0.481 e. The monoisotopic (exact) mass is 312 g/mol. The lowest BCUT2D eigenvalue weighted by Crippen LogP contribution is -2.59. The topological polar surface area (TPSA) is 78.4 Å². The first-order valence-corrected chi connectivity index (χ1v) is 7.65. The highest BCUT2D eigenvalue weighted by atomic mass is 32.2. The van der Waals surface area contributed by atoms with Crippen LogP contribution in [0.3, 0.4) is 0 Å². The number of hydrogen-bond donors (Lipinski definition) is 3. The Morgan fingerprint density at radius 2 is 2.05 bits per heavy atom. The number of hydrogen-bond acceptors (Lipinski definition) is 4. The van der Waals surface area contributed by atoms with Gasteiger partial charge >= 0.3 is 5.97 Å². The van der Waals surface area contributed by atoms with E-state index in [0.29, 0.717) is 5.75 Å². The third-order valence-electron chi connectivity index (χ3n) is 3.35. The molecule has 1 aliphatic heterocycles. The minimum absolute atomic E-state index is 0.185. The van der Waals surface area contributed by atoms with E-state index in [4.69, 9.17) is 5.11 Å². The van der Waals surface area contributed by atoms with Crippen molar-refractivity contribution in [3.8, 4) is 0 Å². The Bertz CT molecular complexity index is 523. The number of nitrogens with one attached hydrogen (secondary N) is 2. The van der Waals surface area contributed by atoms with Crippen LogP contribution in [0.25, 0.3) is 0 Å². The summed E-state index contributed by atoms with van der Waals surface area (Å²) in [6.45, 7) is 1.80. The maximum absolute atomic E-state index is 12.8. The number of carbonyl (C=O) groups is 2. The lowest BCUT2D eigenvalue weighted by atomic mass is 9.95. The van der Waals surface area contributed by atoms with Gasteiger partial charge in [-0.15, -0.1) is 11.8 Å². The van der Waals surface area contributed by atoms with E-state index in [-0.39, 0.29) is 29.7 Å². The van der Waals surface area contributed by atoms with Gasteiger partial charge in [-0.2, -0.15) is 0 Å². The second-order valence-electron chi connectivity index (χ2n) is 4.99. The summed E-state index contributed by atoms with van der Waals surface area (Å²) < 4.78 is 12.8. The fourth-order valence-electron chi connectivity index (χ4n) is 2.17. The first-order valence-electron chi connectivity index (χ1n) is 6.60. The Balaban J connectivity index is 1.87. The van der Waals surface area contributed by atoms with E-state index < -0.39 is 11.9 Å². The van der Waals surface area contributed by atoms with Crippen molar-refractivity contribution in [1.82, 2.24) is 10.6 Å². The van der Waals surface area contributed by atoms with Gasteiger partial charge in [0, 0.05) is 11.8 Å². The third-order valence-corrected chi connectivity index (χ3v) is 4.44. The molecule has 0 radical (unpaired) electrons. The molecule has 1 saturated heterocycles. The van der Waals surface area contributed by atoms with Gasteiger partial charge in [0.1, 0.15) is 11.3 Å². The summed E-state index contributed by atoms with van der Waals surface area (Å²) in [5.41, 5.74) is 0.681. The molecule has 1 aliphatic rings. The van der Waals surface area contributed by atoms with E-state index >= 15 is 0 Å². The molecule has 1 fully saturated rings. The molecule has 1 aromatic rings. The molecule has 0 bridgehead atoms. The number of carboxylic acids is 1. The van der Waals surface area contributed by atoms with Crippen molar-refractivity contribution in [3.63, 3.8) is 0 Å². The lowest BCUT2D eigenvalue weighted by molar-refractivity contribution is -0.142. The van der Waals surface area contributed by atoms with Crippen LogP contribution >= 0.6 is 11.8 Å². The predicted octanol–water partition coefficient (Wildman–Crippen LogP) is 1.54. The van der Waals surface area contributed by atoms with Crippen LogP contribution in [-0.4, -0.2) is 28.5 Å².